The van der Waals surface area contributed by atoms with Crippen molar-refractivity contribution in [3.8, 4) is 11.5 Å². The predicted octanol–water partition coefficient (Wildman–Crippen LogP) is 2.40. The van der Waals surface area contributed by atoms with Crippen LogP contribution in [0, 0.1) is 0 Å². The molecular formula is C16H20N2O4. The second-order valence-electron chi connectivity index (χ2n) is 5.11. The first-order valence-corrected chi connectivity index (χ1v) is 7.15. The number of hydrogen-bond donors (Lipinski definition) is 1. The summed E-state index contributed by atoms with van der Waals surface area (Å²) in [5.74, 6) is 0.887. The summed E-state index contributed by atoms with van der Waals surface area (Å²) in [5.41, 5.74) is 1.00. The highest BCUT2D eigenvalue weighted by Crippen LogP contribution is 2.30. The number of likely N-dealkylation sites (N-methyl/N-ethyl adjacent to an activating group) is 1. The molecule has 22 heavy (non-hydrogen) atoms. The molecule has 0 radical (unpaired) electrons. The predicted molar refractivity (Wildman–Crippen MR) is 82.7 cm³/mol. The molecule has 1 heterocycles. The molecule has 1 aromatic carbocycles. The molecule has 118 valence electrons. The van der Waals surface area contributed by atoms with Crippen molar-refractivity contribution in [3.63, 3.8) is 0 Å². The van der Waals surface area contributed by atoms with Gasteiger partial charge in [-0.3, -0.25) is 9.69 Å². The monoisotopic (exact) mass is 304 g/mol. The molecule has 1 aliphatic rings. The summed E-state index contributed by atoms with van der Waals surface area (Å²) in [5, 5.41) is 2.56. The highest BCUT2D eigenvalue weighted by molar-refractivity contribution is 6.13. The minimum absolute atomic E-state index is 0.0342. The lowest BCUT2D eigenvalue weighted by Gasteiger charge is -2.13. The Hall–Kier alpha value is -2.50. The van der Waals surface area contributed by atoms with Gasteiger partial charge in [0.25, 0.3) is 5.91 Å². The molecule has 0 aliphatic carbocycles. The number of carbonyl (C=O) groups is 2. The Kier molecular flexibility index (Phi) is 4.70. The van der Waals surface area contributed by atoms with Gasteiger partial charge >= 0.3 is 6.03 Å². The summed E-state index contributed by atoms with van der Waals surface area (Å²) in [7, 11) is 1.56. The zero-order valence-electron chi connectivity index (χ0n) is 13.2. The zero-order valence-corrected chi connectivity index (χ0v) is 13.2. The fourth-order valence-electron chi connectivity index (χ4n) is 2.15. The highest BCUT2D eigenvalue weighted by atomic mass is 16.5. The Labute approximate surface area is 129 Å². The summed E-state index contributed by atoms with van der Waals surface area (Å²) in [6, 6.07) is 4.95. The van der Waals surface area contributed by atoms with E-state index in [2.05, 4.69) is 5.32 Å². The fourth-order valence-corrected chi connectivity index (χ4v) is 2.15. The highest BCUT2D eigenvalue weighted by Gasteiger charge is 2.31. The third kappa shape index (κ3) is 3.21. The van der Waals surface area contributed by atoms with E-state index in [1.54, 1.807) is 38.3 Å². The van der Waals surface area contributed by atoms with E-state index in [-0.39, 0.29) is 17.7 Å². The summed E-state index contributed by atoms with van der Waals surface area (Å²) in [4.78, 5) is 24.8. The van der Waals surface area contributed by atoms with Crippen LogP contribution in [-0.2, 0) is 4.79 Å². The van der Waals surface area contributed by atoms with Crippen molar-refractivity contribution >= 4 is 18.0 Å². The van der Waals surface area contributed by atoms with Gasteiger partial charge in [0, 0.05) is 6.54 Å². The SMILES string of the molecule is CCN1C(=O)N/C(=C\c2ccc(OC(C)C)c(OC)c2)C1=O. The Morgan fingerprint density at radius 3 is 2.55 bits per heavy atom. The molecule has 0 aromatic heterocycles. The van der Waals surface area contributed by atoms with Crippen LogP contribution in [-0.4, -0.2) is 36.6 Å². The number of ether oxygens (including phenoxy) is 2. The van der Waals surface area contributed by atoms with Gasteiger partial charge in [-0.15, -0.1) is 0 Å². The van der Waals surface area contributed by atoms with Gasteiger partial charge in [-0.2, -0.15) is 0 Å². The van der Waals surface area contributed by atoms with E-state index in [1.165, 1.54) is 0 Å². The van der Waals surface area contributed by atoms with Crippen molar-refractivity contribution in [2.24, 2.45) is 0 Å². The van der Waals surface area contributed by atoms with Gasteiger partial charge in [0.1, 0.15) is 5.70 Å². The fraction of sp³-hybridized carbons (Fsp3) is 0.375. The van der Waals surface area contributed by atoms with Gasteiger partial charge in [0.15, 0.2) is 11.5 Å². The van der Waals surface area contributed by atoms with Gasteiger partial charge in [-0.1, -0.05) is 6.07 Å². The Bertz CT molecular complexity index is 623. The van der Waals surface area contributed by atoms with E-state index in [4.69, 9.17) is 9.47 Å². The Morgan fingerprint density at radius 2 is 2.00 bits per heavy atom. The van der Waals surface area contributed by atoms with E-state index >= 15 is 0 Å². The molecule has 0 unspecified atom stereocenters. The van der Waals surface area contributed by atoms with E-state index in [1.807, 2.05) is 13.8 Å². The largest absolute Gasteiger partial charge is 0.493 e. The van der Waals surface area contributed by atoms with Crippen LogP contribution in [0.4, 0.5) is 4.79 Å². The normalized spacial score (nSPS) is 16.4. The molecule has 0 atom stereocenters. The lowest BCUT2D eigenvalue weighted by atomic mass is 10.1. The zero-order chi connectivity index (χ0) is 16.3. The van der Waals surface area contributed by atoms with Crippen LogP contribution in [0.3, 0.4) is 0 Å². The maximum atomic E-state index is 12.0. The Balaban J connectivity index is 2.29. The molecule has 0 spiro atoms. The molecule has 6 heteroatoms. The van der Waals surface area contributed by atoms with E-state index in [0.717, 1.165) is 10.5 Å². The number of amides is 3. The minimum atomic E-state index is -0.398. The number of carbonyl (C=O) groups excluding carboxylic acids is 2. The molecule has 1 saturated heterocycles. The van der Waals surface area contributed by atoms with Crippen molar-refractivity contribution in [3.05, 3.63) is 29.5 Å². The number of methoxy groups -OCH3 is 1. The molecule has 1 fully saturated rings. The molecular weight excluding hydrogens is 284 g/mol. The molecule has 6 nitrogen and oxygen atoms in total. The van der Waals surface area contributed by atoms with Crippen molar-refractivity contribution in [2.45, 2.75) is 26.9 Å². The molecule has 1 N–H and O–H groups in total. The topological polar surface area (TPSA) is 67.9 Å². The number of benzene rings is 1. The number of nitrogens with one attached hydrogen (secondary N) is 1. The van der Waals surface area contributed by atoms with Crippen LogP contribution in [0.5, 0.6) is 11.5 Å². The maximum Gasteiger partial charge on any atom is 0.328 e. The number of rotatable bonds is 5. The molecule has 1 aliphatic heterocycles. The van der Waals surface area contributed by atoms with Gasteiger partial charge in [0.05, 0.1) is 13.2 Å². The summed E-state index contributed by atoms with van der Waals surface area (Å²) < 4.78 is 10.9. The molecule has 0 bridgehead atoms. The molecule has 0 saturated carbocycles. The quantitative estimate of drug-likeness (QED) is 0.670. The van der Waals surface area contributed by atoms with Crippen molar-refractivity contribution in [1.82, 2.24) is 10.2 Å². The Morgan fingerprint density at radius 1 is 1.27 bits per heavy atom. The summed E-state index contributed by atoms with van der Waals surface area (Å²) in [6.07, 6.45) is 1.66. The summed E-state index contributed by atoms with van der Waals surface area (Å²) in [6.45, 7) is 5.96. The van der Waals surface area contributed by atoms with Crippen LogP contribution < -0.4 is 14.8 Å². The molecule has 1 aromatic rings. The van der Waals surface area contributed by atoms with Crippen molar-refractivity contribution in [2.75, 3.05) is 13.7 Å². The second-order valence-corrected chi connectivity index (χ2v) is 5.11. The average molecular weight is 304 g/mol. The first kappa shape index (κ1) is 15.9. The second kappa shape index (κ2) is 6.51. The van der Waals surface area contributed by atoms with Crippen molar-refractivity contribution in [1.29, 1.82) is 0 Å². The van der Waals surface area contributed by atoms with Crippen LogP contribution in [0.1, 0.15) is 26.3 Å². The van der Waals surface area contributed by atoms with E-state index < -0.39 is 6.03 Å². The van der Waals surface area contributed by atoms with Crippen LogP contribution in [0.2, 0.25) is 0 Å². The third-order valence-electron chi connectivity index (χ3n) is 3.14. The first-order chi connectivity index (χ1) is 10.5. The van der Waals surface area contributed by atoms with E-state index in [0.29, 0.717) is 18.0 Å². The third-order valence-corrected chi connectivity index (χ3v) is 3.14. The van der Waals surface area contributed by atoms with Gasteiger partial charge in [-0.05, 0) is 44.5 Å². The number of imide groups is 1. The first-order valence-electron chi connectivity index (χ1n) is 7.15. The molecule has 2 rings (SSSR count). The maximum absolute atomic E-state index is 12.0. The van der Waals surface area contributed by atoms with Crippen LogP contribution in [0.25, 0.3) is 6.08 Å². The number of urea groups is 1. The minimum Gasteiger partial charge on any atom is -0.493 e. The average Bonchev–Trinajstić information content (AvgIpc) is 2.74. The van der Waals surface area contributed by atoms with Crippen LogP contribution in [0.15, 0.2) is 23.9 Å². The lowest BCUT2D eigenvalue weighted by Crippen LogP contribution is -2.30. The van der Waals surface area contributed by atoms with Gasteiger partial charge in [-0.25, -0.2) is 4.79 Å². The van der Waals surface area contributed by atoms with E-state index in [9.17, 15) is 9.59 Å². The van der Waals surface area contributed by atoms with Gasteiger partial charge < -0.3 is 14.8 Å². The molecule has 3 amide bonds. The number of hydrogen-bond acceptors (Lipinski definition) is 4. The lowest BCUT2D eigenvalue weighted by molar-refractivity contribution is -0.122. The van der Waals surface area contributed by atoms with Crippen LogP contribution >= 0.6 is 0 Å². The standard InChI is InChI=1S/C16H20N2O4/c1-5-18-15(19)12(17-16(18)20)8-11-6-7-13(22-10(2)3)14(9-11)21-4/h6-10H,5H2,1-4H3,(H,17,20)/b12-8-. The smallest absolute Gasteiger partial charge is 0.328 e. The van der Waals surface area contributed by atoms with Crippen molar-refractivity contribution < 1.29 is 19.1 Å². The number of nitrogens with zero attached hydrogens (tertiary/aromatic N) is 1. The van der Waals surface area contributed by atoms with Gasteiger partial charge in [0.2, 0.25) is 0 Å². The summed E-state index contributed by atoms with van der Waals surface area (Å²) >= 11 is 0.